The van der Waals surface area contributed by atoms with Crippen molar-refractivity contribution in [3.8, 4) is 0 Å². The molecular formula is C16H24N2S. The van der Waals surface area contributed by atoms with Crippen LogP contribution in [0.25, 0.3) is 0 Å². The van der Waals surface area contributed by atoms with E-state index in [0.29, 0.717) is 4.99 Å². The van der Waals surface area contributed by atoms with Gasteiger partial charge < -0.3 is 10.6 Å². The number of nitrogens with two attached hydrogens (primary N) is 1. The van der Waals surface area contributed by atoms with E-state index in [1.165, 1.54) is 12.0 Å². The molecule has 3 unspecified atom stereocenters. The van der Waals surface area contributed by atoms with Gasteiger partial charge in [-0.2, -0.15) is 0 Å². The Labute approximate surface area is 122 Å². The van der Waals surface area contributed by atoms with Gasteiger partial charge in [0.1, 0.15) is 0 Å². The molecule has 3 atom stereocenters. The number of hydrogen-bond donors (Lipinski definition) is 1. The highest BCUT2D eigenvalue weighted by molar-refractivity contribution is 7.80. The van der Waals surface area contributed by atoms with Gasteiger partial charge in [0.15, 0.2) is 0 Å². The fourth-order valence-electron chi connectivity index (χ4n) is 3.24. The molecule has 1 aromatic rings. The predicted octanol–water partition coefficient (Wildman–Crippen LogP) is 3.03. The van der Waals surface area contributed by atoms with Crippen molar-refractivity contribution in [2.75, 3.05) is 19.6 Å². The molecule has 19 heavy (non-hydrogen) atoms. The SMILES string of the molecule is CC1CC(C)CN(CC(C(N)=S)c2ccccc2)C1. The van der Waals surface area contributed by atoms with E-state index in [1.54, 1.807) is 0 Å². The summed E-state index contributed by atoms with van der Waals surface area (Å²) in [7, 11) is 0. The lowest BCUT2D eigenvalue weighted by Crippen LogP contribution is -2.42. The van der Waals surface area contributed by atoms with Crippen molar-refractivity contribution in [2.45, 2.75) is 26.2 Å². The number of thiocarbonyl (C=S) groups is 1. The van der Waals surface area contributed by atoms with Crippen molar-refractivity contribution in [1.82, 2.24) is 4.90 Å². The molecule has 1 saturated heterocycles. The van der Waals surface area contributed by atoms with Crippen molar-refractivity contribution in [2.24, 2.45) is 17.6 Å². The number of hydrogen-bond acceptors (Lipinski definition) is 2. The molecule has 0 saturated carbocycles. The molecule has 0 amide bonds. The van der Waals surface area contributed by atoms with Gasteiger partial charge in [0, 0.05) is 25.6 Å². The second-order valence-electron chi connectivity index (χ2n) is 6.03. The summed E-state index contributed by atoms with van der Waals surface area (Å²) in [6.07, 6.45) is 1.33. The molecule has 2 N–H and O–H groups in total. The van der Waals surface area contributed by atoms with Crippen LogP contribution in [0.2, 0.25) is 0 Å². The van der Waals surface area contributed by atoms with Crippen molar-refractivity contribution in [3.05, 3.63) is 35.9 Å². The summed E-state index contributed by atoms with van der Waals surface area (Å²) < 4.78 is 0. The first-order valence-corrected chi connectivity index (χ1v) is 7.53. The van der Waals surface area contributed by atoms with E-state index in [9.17, 15) is 0 Å². The van der Waals surface area contributed by atoms with E-state index < -0.39 is 0 Å². The van der Waals surface area contributed by atoms with Gasteiger partial charge in [-0.15, -0.1) is 0 Å². The third kappa shape index (κ3) is 4.02. The average Bonchev–Trinajstić information content (AvgIpc) is 2.35. The Kier molecular flexibility index (Phi) is 4.94. The maximum absolute atomic E-state index is 5.96. The van der Waals surface area contributed by atoms with Gasteiger partial charge in [-0.05, 0) is 23.8 Å². The lowest BCUT2D eigenvalue weighted by atomic mass is 9.90. The normalized spacial score (nSPS) is 26.0. The second-order valence-corrected chi connectivity index (χ2v) is 6.50. The topological polar surface area (TPSA) is 29.3 Å². The summed E-state index contributed by atoms with van der Waals surface area (Å²) in [4.78, 5) is 3.13. The molecule has 0 spiro atoms. The molecule has 0 radical (unpaired) electrons. The predicted molar refractivity (Wildman–Crippen MR) is 85.4 cm³/mol. The minimum Gasteiger partial charge on any atom is -0.393 e. The van der Waals surface area contributed by atoms with Crippen molar-refractivity contribution in [1.29, 1.82) is 0 Å². The highest BCUT2D eigenvalue weighted by atomic mass is 32.1. The quantitative estimate of drug-likeness (QED) is 0.857. The van der Waals surface area contributed by atoms with E-state index in [0.717, 1.165) is 31.5 Å². The van der Waals surface area contributed by atoms with Crippen LogP contribution in [0.3, 0.4) is 0 Å². The minimum atomic E-state index is 0.175. The lowest BCUT2D eigenvalue weighted by Gasteiger charge is -2.36. The minimum absolute atomic E-state index is 0.175. The van der Waals surface area contributed by atoms with Crippen LogP contribution < -0.4 is 5.73 Å². The Hall–Kier alpha value is -0.930. The zero-order valence-corrected chi connectivity index (χ0v) is 12.7. The maximum Gasteiger partial charge on any atom is 0.0816 e. The summed E-state index contributed by atoms with van der Waals surface area (Å²) in [5.41, 5.74) is 7.20. The van der Waals surface area contributed by atoms with E-state index in [2.05, 4.69) is 43.0 Å². The van der Waals surface area contributed by atoms with Crippen LogP contribution in [0.1, 0.15) is 31.7 Å². The van der Waals surface area contributed by atoms with Gasteiger partial charge in [0.25, 0.3) is 0 Å². The molecule has 2 rings (SSSR count). The summed E-state index contributed by atoms with van der Waals surface area (Å²) in [6, 6.07) is 10.4. The Bertz CT molecular complexity index is 408. The Balaban J connectivity index is 2.07. The van der Waals surface area contributed by atoms with Gasteiger partial charge in [-0.25, -0.2) is 0 Å². The summed E-state index contributed by atoms with van der Waals surface area (Å²) in [5.74, 6) is 1.71. The van der Waals surface area contributed by atoms with Crippen LogP contribution in [0, 0.1) is 11.8 Å². The van der Waals surface area contributed by atoms with Crippen molar-refractivity contribution >= 4 is 17.2 Å². The molecule has 3 heteroatoms. The molecule has 104 valence electrons. The largest absolute Gasteiger partial charge is 0.393 e. The van der Waals surface area contributed by atoms with Crippen molar-refractivity contribution in [3.63, 3.8) is 0 Å². The smallest absolute Gasteiger partial charge is 0.0816 e. The highest BCUT2D eigenvalue weighted by Gasteiger charge is 2.25. The number of piperidine rings is 1. The first-order valence-electron chi connectivity index (χ1n) is 7.13. The van der Waals surface area contributed by atoms with Crippen LogP contribution >= 0.6 is 12.2 Å². The third-order valence-electron chi connectivity index (χ3n) is 3.93. The molecule has 0 aromatic heterocycles. The Morgan fingerprint density at radius 2 is 1.84 bits per heavy atom. The van der Waals surface area contributed by atoms with Crippen LogP contribution in [-0.4, -0.2) is 29.5 Å². The van der Waals surface area contributed by atoms with Crippen LogP contribution in [0.15, 0.2) is 30.3 Å². The van der Waals surface area contributed by atoms with Crippen molar-refractivity contribution < 1.29 is 0 Å². The Morgan fingerprint density at radius 1 is 1.26 bits per heavy atom. The van der Waals surface area contributed by atoms with E-state index in [1.807, 2.05) is 6.07 Å². The zero-order valence-electron chi connectivity index (χ0n) is 11.9. The third-order valence-corrected chi connectivity index (χ3v) is 4.22. The number of benzene rings is 1. The monoisotopic (exact) mass is 276 g/mol. The van der Waals surface area contributed by atoms with Crippen LogP contribution in [0.4, 0.5) is 0 Å². The molecule has 2 nitrogen and oxygen atoms in total. The van der Waals surface area contributed by atoms with E-state index >= 15 is 0 Å². The summed E-state index contributed by atoms with van der Waals surface area (Å²) in [6.45, 7) is 7.95. The van der Waals surface area contributed by atoms with Gasteiger partial charge >= 0.3 is 0 Å². The number of likely N-dealkylation sites (tertiary alicyclic amines) is 1. The molecule has 1 aliphatic heterocycles. The number of nitrogens with zero attached hydrogens (tertiary/aromatic N) is 1. The summed E-state index contributed by atoms with van der Waals surface area (Å²) >= 11 is 5.28. The second kappa shape index (κ2) is 6.49. The maximum atomic E-state index is 5.96. The zero-order chi connectivity index (χ0) is 13.8. The molecule has 1 aliphatic rings. The van der Waals surface area contributed by atoms with Crippen LogP contribution in [-0.2, 0) is 0 Å². The van der Waals surface area contributed by atoms with Gasteiger partial charge in [-0.3, -0.25) is 0 Å². The standard InChI is InChI=1S/C16H24N2S/c1-12-8-13(2)10-18(9-12)11-15(16(17)19)14-6-4-3-5-7-14/h3-7,12-13,15H,8-11H2,1-2H3,(H2,17,19). The highest BCUT2D eigenvalue weighted by Crippen LogP contribution is 2.24. The number of rotatable bonds is 4. The van der Waals surface area contributed by atoms with Gasteiger partial charge in [0.2, 0.25) is 0 Å². The first kappa shape index (κ1) is 14.5. The fourth-order valence-corrected chi connectivity index (χ4v) is 3.45. The van der Waals surface area contributed by atoms with E-state index in [-0.39, 0.29) is 5.92 Å². The Morgan fingerprint density at radius 3 is 2.37 bits per heavy atom. The molecule has 1 fully saturated rings. The van der Waals surface area contributed by atoms with Crippen LogP contribution in [0.5, 0.6) is 0 Å². The van der Waals surface area contributed by atoms with Gasteiger partial charge in [-0.1, -0.05) is 56.4 Å². The summed E-state index contributed by atoms with van der Waals surface area (Å²) in [5, 5.41) is 0. The average molecular weight is 276 g/mol. The molecular weight excluding hydrogens is 252 g/mol. The molecule has 0 aliphatic carbocycles. The fraction of sp³-hybridized carbons (Fsp3) is 0.562. The molecule has 1 aromatic carbocycles. The molecule has 0 bridgehead atoms. The lowest BCUT2D eigenvalue weighted by molar-refractivity contribution is 0.140. The first-order chi connectivity index (χ1) is 9.06. The van der Waals surface area contributed by atoms with Gasteiger partial charge in [0.05, 0.1) is 4.99 Å². The molecule has 1 heterocycles. The van der Waals surface area contributed by atoms with E-state index in [4.69, 9.17) is 18.0 Å².